The zero-order valence-corrected chi connectivity index (χ0v) is 13.3. The highest BCUT2D eigenvalue weighted by Gasteiger charge is 2.14. The first-order chi connectivity index (χ1) is 10.0. The molecule has 21 heavy (non-hydrogen) atoms. The zero-order chi connectivity index (χ0) is 15.4. The smallest absolute Gasteiger partial charge is 0.217 e. The van der Waals surface area contributed by atoms with Crippen LogP contribution in [-0.4, -0.2) is 36.0 Å². The van der Waals surface area contributed by atoms with E-state index in [0.29, 0.717) is 12.4 Å². The van der Waals surface area contributed by atoms with Crippen molar-refractivity contribution in [3.05, 3.63) is 35.2 Å². The second-order valence-corrected chi connectivity index (χ2v) is 5.18. The number of hydrogen-bond acceptors (Lipinski definition) is 5. The Balaban J connectivity index is 2.07. The van der Waals surface area contributed by atoms with E-state index in [-0.39, 0.29) is 0 Å². The van der Waals surface area contributed by atoms with E-state index >= 15 is 0 Å². The summed E-state index contributed by atoms with van der Waals surface area (Å²) in [5, 5.41) is 7.93. The molecule has 0 saturated heterocycles. The number of nitrogens with zero attached hydrogens (tertiary/aromatic N) is 4. The number of anilines is 1. The van der Waals surface area contributed by atoms with Crippen molar-refractivity contribution in [2.45, 2.75) is 20.0 Å². The summed E-state index contributed by atoms with van der Waals surface area (Å²) in [6.07, 6.45) is 1.73. The van der Waals surface area contributed by atoms with Gasteiger partial charge in [0.1, 0.15) is 5.82 Å². The Kier molecular flexibility index (Phi) is 4.80. The van der Waals surface area contributed by atoms with Crippen molar-refractivity contribution in [2.75, 3.05) is 26.1 Å². The second-order valence-electron chi connectivity index (χ2n) is 5.18. The lowest BCUT2D eigenvalue weighted by atomic mass is 10.2. The molecular weight excluding hydrogens is 266 g/mol. The number of nitrogens with one attached hydrogen (secondary N) is 1. The minimum atomic E-state index is 0.667. The zero-order valence-electron chi connectivity index (χ0n) is 13.3. The van der Waals surface area contributed by atoms with Gasteiger partial charge in [0.25, 0.3) is 0 Å². The fourth-order valence-electron chi connectivity index (χ4n) is 2.52. The molecule has 6 nitrogen and oxygen atoms in total. The summed E-state index contributed by atoms with van der Waals surface area (Å²) in [7, 11) is 7.67. The SMILES string of the molecule is COc1ncccc1CNCc1c(C)nn(C)c1N(C)C. The maximum absolute atomic E-state index is 5.26. The van der Waals surface area contributed by atoms with Gasteiger partial charge in [-0.3, -0.25) is 4.68 Å². The van der Waals surface area contributed by atoms with Crippen LogP contribution in [0, 0.1) is 6.92 Å². The minimum absolute atomic E-state index is 0.667. The number of rotatable bonds is 6. The Morgan fingerprint density at radius 1 is 1.33 bits per heavy atom. The van der Waals surface area contributed by atoms with Crippen LogP contribution >= 0.6 is 0 Å². The molecule has 0 aromatic carbocycles. The Labute approximate surface area is 125 Å². The van der Waals surface area contributed by atoms with Crippen molar-refractivity contribution >= 4 is 5.82 Å². The fourth-order valence-corrected chi connectivity index (χ4v) is 2.52. The van der Waals surface area contributed by atoms with E-state index in [9.17, 15) is 0 Å². The van der Waals surface area contributed by atoms with E-state index in [1.54, 1.807) is 13.3 Å². The summed E-state index contributed by atoms with van der Waals surface area (Å²) in [4.78, 5) is 6.29. The largest absolute Gasteiger partial charge is 0.481 e. The van der Waals surface area contributed by atoms with Crippen LogP contribution in [0.4, 0.5) is 5.82 Å². The molecule has 6 heteroatoms. The van der Waals surface area contributed by atoms with Gasteiger partial charge in [-0.25, -0.2) is 4.98 Å². The average molecular weight is 289 g/mol. The average Bonchev–Trinajstić information content (AvgIpc) is 2.74. The first-order valence-corrected chi connectivity index (χ1v) is 6.93. The minimum Gasteiger partial charge on any atom is -0.481 e. The van der Waals surface area contributed by atoms with Crippen molar-refractivity contribution in [3.8, 4) is 5.88 Å². The van der Waals surface area contributed by atoms with Crippen molar-refractivity contribution in [2.24, 2.45) is 7.05 Å². The Morgan fingerprint density at radius 2 is 2.10 bits per heavy atom. The predicted molar refractivity (Wildman–Crippen MR) is 83.6 cm³/mol. The first-order valence-electron chi connectivity index (χ1n) is 6.93. The maximum atomic E-state index is 5.26. The van der Waals surface area contributed by atoms with E-state index < -0.39 is 0 Å². The summed E-state index contributed by atoms with van der Waals surface area (Å²) in [5.74, 6) is 1.79. The molecule has 2 rings (SSSR count). The third-order valence-electron chi connectivity index (χ3n) is 3.40. The fraction of sp³-hybridized carbons (Fsp3) is 0.467. The molecule has 2 aromatic rings. The Bertz CT molecular complexity index is 606. The highest BCUT2D eigenvalue weighted by molar-refractivity contribution is 5.48. The molecule has 0 bridgehead atoms. The Morgan fingerprint density at radius 3 is 2.76 bits per heavy atom. The summed E-state index contributed by atoms with van der Waals surface area (Å²) in [6, 6.07) is 3.93. The third-order valence-corrected chi connectivity index (χ3v) is 3.40. The van der Waals surface area contributed by atoms with Crippen LogP contribution in [0.15, 0.2) is 18.3 Å². The number of hydrogen-bond donors (Lipinski definition) is 1. The molecule has 0 unspecified atom stereocenters. The summed E-state index contributed by atoms with van der Waals surface area (Å²) >= 11 is 0. The normalized spacial score (nSPS) is 10.7. The molecule has 0 atom stereocenters. The molecule has 114 valence electrons. The quantitative estimate of drug-likeness (QED) is 0.873. The lowest BCUT2D eigenvalue weighted by Crippen LogP contribution is -2.19. The molecule has 0 saturated carbocycles. The van der Waals surface area contributed by atoms with E-state index in [2.05, 4.69) is 20.3 Å². The van der Waals surface area contributed by atoms with Gasteiger partial charge in [-0.05, 0) is 13.0 Å². The standard InChI is InChI=1S/C15H23N5O/c1-11-13(15(19(2)3)20(4)18-11)10-16-9-12-7-6-8-17-14(12)21-5/h6-8,16H,9-10H2,1-5H3. The van der Waals surface area contributed by atoms with E-state index in [1.807, 2.05) is 44.9 Å². The first kappa shape index (κ1) is 15.3. The topological polar surface area (TPSA) is 55.2 Å². The van der Waals surface area contributed by atoms with Crippen molar-refractivity contribution in [1.29, 1.82) is 0 Å². The molecule has 1 N–H and O–H groups in total. The van der Waals surface area contributed by atoms with Crippen LogP contribution in [0.5, 0.6) is 5.88 Å². The van der Waals surface area contributed by atoms with Gasteiger partial charge >= 0.3 is 0 Å². The summed E-state index contributed by atoms with van der Waals surface area (Å²) in [5.41, 5.74) is 3.31. The Hall–Kier alpha value is -2.08. The van der Waals surface area contributed by atoms with E-state index in [4.69, 9.17) is 4.74 Å². The molecule has 0 spiro atoms. The van der Waals surface area contributed by atoms with Crippen LogP contribution in [0.1, 0.15) is 16.8 Å². The maximum Gasteiger partial charge on any atom is 0.217 e. The van der Waals surface area contributed by atoms with Gasteiger partial charge in [-0.2, -0.15) is 5.10 Å². The summed E-state index contributed by atoms with van der Waals surface area (Å²) < 4.78 is 7.18. The molecule has 2 aromatic heterocycles. The van der Waals surface area contributed by atoms with Gasteiger partial charge in [0.15, 0.2) is 0 Å². The van der Waals surface area contributed by atoms with Gasteiger partial charge in [0, 0.05) is 51.6 Å². The van der Waals surface area contributed by atoms with E-state index in [0.717, 1.165) is 23.6 Å². The highest BCUT2D eigenvalue weighted by Crippen LogP contribution is 2.21. The molecular formula is C15H23N5O. The van der Waals surface area contributed by atoms with Crippen molar-refractivity contribution in [3.63, 3.8) is 0 Å². The van der Waals surface area contributed by atoms with Crippen molar-refractivity contribution < 1.29 is 4.74 Å². The van der Waals surface area contributed by atoms with Gasteiger partial charge in [-0.15, -0.1) is 0 Å². The van der Waals surface area contributed by atoms with Gasteiger partial charge in [-0.1, -0.05) is 6.07 Å². The monoisotopic (exact) mass is 289 g/mol. The van der Waals surface area contributed by atoms with Crippen LogP contribution in [0.2, 0.25) is 0 Å². The van der Waals surface area contributed by atoms with Crippen LogP contribution < -0.4 is 15.0 Å². The number of aryl methyl sites for hydroxylation is 2. The molecule has 0 aliphatic heterocycles. The van der Waals surface area contributed by atoms with Crippen LogP contribution in [0.3, 0.4) is 0 Å². The second kappa shape index (κ2) is 6.58. The van der Waals surface area contributed by atoms with Gasteiger partial charge in [0.05, 0.1) is 12.8 Å². The lowest BCUT2D eigenvalue weighted by Gasteiger charge is -2.16. The molecule has 2 heterocycles. The lowest BCUT2D eigenvalue weighted by molar-refractivity contribution is 0.390. The van der Waals surface area contributed by atoms with Crippen molar-refractivity contribution in [1.82, 2.24) is 20.1 Å². The van der Waals surface area contributed by atoms with E-state index in [1.165, 1.54) is 5.56 Å². The number of ether oxygens (including phenoxy) is 1. The highest BCUT2D eigenvalue weighted by atomic mass is 16.5. The summed E-state index contributed by atoms with van der Waals surface area (Å²) in [6.45, 7) is 3.50. The van der Waals surface area contributed by atoms with Gasteiger partial charge in [0.2, 0.25) is 5.88 Å². The van der Waals surface area contributed by atoms with Gasteiger partial charge < -0.3 is 15.0 Å². The van der Waals surface area contributed by atoms with Crippen LogP contribution in [-0.2, 0) is 20.1 Å². The third kappa shape index (κ3) is 3.33. The molecule has 0 aliphatic rings. The number of pyridine rings is 1. The molecule has 0 amide bonds. The predicted octanol–water partition coefficient (Wildman–Crippen LogP) is 1.49. The number of aromatic nitrogens is 3. The molecule has 0 radical (unpaired) electrons. The molecule has 0 fully saturated rings. The molecule has 0 aliphatic carbocycles. The van der Waals surface area contributed by atoms with Crippen LogP contribution in [0.25, 0.3) is 0 Å². The number of methoxy groups -OCH3 is 1.